The van der Waals surface area contributed by atoms with Crippen molar-refractivity contribution in [1.82, 2.24) is 15.3 Å². The second-order valence-corrected chi connectivity index (χ2v) is 5.04. The van der Waals surface area contributed by atoms with Crippen molar-refractivity contribution in [3.63, 3.8) is 0 Å². The van der Waals surface area contributed by atoms with Crippen molar-refractivity contribution < 1.29 is 4.74 Å². The Morgan fingerprint density at radius 3 is 2.61 bits per heavy atom. The largest absolute Gasteiger partial charge is 0.481 e. The maximum Gasteiger partial charge on any atom is 0.216 e. The summed E-state index contributed by atoms with van der Waals surface area (Å²) in [6, 6.07) is 2.39. The van der Waals surface area contributed by atoms with Gasteiger partial charge in [-0.1, -0.05) is 20.8 Å². The van der Waals surface area contributed by atoms with E-state index in [0.717, 1.165) is 30.9 Å². The monoisotopic (exact) mass is 251 g/mol. The summed E-state index contributed by atoms with van der Waals surface area (Å²) in [7, 11) is 1.64. The summed E-state index contributed by atoms with van der Waals surface area (Å²) < 4.78 is 5.19. The average Bonchev–Trinajstić information content (AvgIpc) is 2.27. The van der Waals surface area contributed by atoms with Crippen molar-refractivity contribution >= 4 is 0 Å². The van der Waals surface area contributed by atoms with E-state index < -0.39 is 0 Å². The van der Waals surface area contributed by atoms with Gasteiger partial charge in [0.2, 0.25) is 5.88 Å². The third kappa shape index (κ3) is 5.00. The van der Waals surface area contributed by atoms with E-state index in [9.17, 15) is 0 Å². The predicted molar refractivity (Wildman–Crippen MR) is 73.9 cm³/mol. The van der Waals surface area contributed by atoms with Crippen LogP contribution in [0.5, 0.6) is 5.88 Å². The molecule has 102 valence electrons. The maximum absolute atomic E-state index is 5.19. The van der Waals surface area contributed by atoms with Gasteiger partial charge >= 0.3 is 0 Å². The first-order chi connectivity index (χ1) is 8.55. The number of aromatic nitrogens is 2. The first-order valence-electron chi connectivity index (χ1n) is 6.67. The number of rotatable bonds is 7. The van der Waals surface area contributed by atoms with Crippen molar-refractivity contribution in [2.45, 2.75) is 46.6 Å². The molecule has 0 bridgehead atoms. The number of ether oxygens (including phenoxy) is 1. The van der Waals surface area contributed by atoms with Crippen LogP contribution in [0, 0.1) is 12.8 Å². The number of hydrogen-bond acceptors (Lipinski definition) is 4. The number of nitrogens with zero attached hydrogens (tertiary/aromatic N) is 2. The van der Waals surface area contributed by atoms with Gasteiger partial charge in [0.25, 0.3) is 0 Å². The minimum Gasteiger partial charge on any atom is -0.481 e. The molecular formula is C14H25N3O. The number of nitrogens with one attached hydrogen (secondary N) is 1. The van der Waals surface area contributed by atoms with Crippen molar-refractivity contribution in [1.29, 1.82) is 0 Å². The van der Waals surface area contributed by atoms with Crippen LogP contribution in [-0.4, -0.2) is 29.7 Å². The summed E-state index contributed by atoms with van der Waals surface area (Å²) in [5.74, 6) is 2.10. The highest BCUT2D eigenvalue weighted by molar-refractivity contribution is 5.16. The molecule has 4 nitrogen and oxygen atoms in total. The molecular weight excluding hydrogens is 226 g/mol. The molecule has 1 aromatic heterocycles. The van der Waals surface area contributed by atoms with Crippen LogP contribution >= 0.6 is 0 Å². The van der Waals surface area contributed by atoms with Crippen LogP contribution in [-0.2, 0) is 6.42 Å². The fourth-order valence-corrected chi connectivity index (χ4v) is 2.16. The second kappa shape index (κ2) is 7.31. The average molecular weight is 251 g/mol. The second-order valence-electron chi connectivity index (χ2n) is 5.04. The van der Waals surface area contributed by atoms with Gasteiger partial charge in [0.1, 0.15) is 5.82 Å². The van der Waals surface area contributed by atoms with Gasteiger partial charge in [-0.3, -0.25) is 0 Å². The highest BCUT2D eigenvalue weighted by Crippen LogP contribution is 2.13. The van der Waals surface area contributed by atoms with Gasteiger partial charge in [0.15, 0.2) is 0 Å². The number of methoxy groups -OCH3 is 1. The molecule has 0 saturated carbocycles. The van der Waals surface area contributed by atoms with Crippen LogP contribution in [0.3, 0.4) is 0 Å². The fraction of sp³-hybridized carbons (Fsp3) is 0.714. The van der Waals surface area contributed by atoms with Crippen LogP contribution < -0.4 is 10.1 Å². The zero-order valence-corrected chi connectivity index (χ0v) is 12.2. The molecule has 1 N–H and O–H groups in total. The summed E-state index contributed by atoms with van der Waals surface area (Å²) in [6.45, 7) is 9.51. The minimum atomic E-state index is 0.467. The third-order valence-corrected chi connectivity index (χ3v) is 2.78. The molecule has 1 aromatic rings. The van der Waals surface area contributed by atoms with Crippen LogP contribution in [0.15, 0.2) is 6.07 Å². The van der Waals surface area contributed by atoms with Crippen LogP contribution in [0.4, 0.5) is 0 Å². The lowest BCUT2D eigenvalue weighted by molar-refractivity contribution is 0.391. The number of aryl methyl sites for hydroxylation is 1. The molecule has 1 unspecified atom stereocenters. The van der Waals surface area contributed by atoms with E-state index in [1.807, 2.05) is 13.0 Å². The Morgan fingerprint density at radius 2 is 2.06 bits per heavy atom. The van der Waals surface area contributed by atoms with Gasteiger partial charge in [0, 0.05) is 24.2 Å². The molecule has 0 aliphatic heterocycles. The predicted octanol–water partition coefficient (Wildman–Crippen LogP) is 2.36. The molecule has 0 aliphatic rings. The van der Waals surface area contributed by atoms with Gasteiger partial charge in [-0.15, -0.1) is 0 Å². The maximum atomic E-state index is 5.19. The van der Waals surface area contributed by atoms with Crippen molar-refractivity contribution in [3.8, 4) is 5.88 Å². The van der Waals surface area contributed by atoms with E-state index >= 15 is 0 Å². The van der Waals surface area contributed by atoms with Crippen molar-refractivity contribution in [3.05, 3.63) is 17.6 Å². The molecule has 0 fully saturated rings. The number of hydrogen-bond donors (Lipinski definition) is 1. The van der Waals surface area contributed by atoms with E-state index in [4.69, 9.17) is 4.74 Å². The molecule has 1 atom stereocenters. The van der Waals surface area contributed by atoms with E-state index in [1.54, 1.807) is 7.11 Å². The van der Waals surface area contributed by atoms with E-state index in [1.165, 1.54) is 0 Å². The van der Waals surface area contributed by atoms with E-state index in [-0.39, 0.29) is 0 Å². The normalized spacial score (nSPS) is 12.8. The summed E-state index contributed by atoms with van der Waals surface area (Å²) in [5.41, 5.74) is 1.05. The first kappa shape index (κ1) is 14.9. The Hall–Kier alpha value is -1.16. The Balaban J connectivity index is 2.75. The molecule has 1 heterocycles. The lowest BCUT2D eigenvalue weighted by Crippen LogP contribution is -2.32. The summed E-state index contributed by atoms with van der Waals surface area (Å²) in [4.78, 5) is 8.69. The Kier molecular flexibility index (Phi) is 6.05. The molecule has 4 heteroatoms. The topological polar surface area (TPSA) is 47.0 Å². The molecule has 0 saturated heterocycles. The molecule has 1 rings (SSSR count). The van der Waals surface area contributed by atoms with Gasteiger partial charge in [0.05, 0.1) is 7.11 Å². The van der Waals surface area contributed by atoms with Gasteiger partial charge < -0.3 is 10.1 Å². The fourth-order valence-electron chi connectivity index (χ4n) is 2.16. The quantitative estimate of drug-likeness (QED) is 0.808. The Bertz CT molecular complexity index is 366. The zero-order valence-electron chi connectivity index (χ0n) is 12.2. The highest BCUT2D eigenvalue weighted by Gasteiger charge is 2.12. The smallest absolute Gasteiger partial charge is 0.216 e. The van der Waals surface area contributed by atoms with Crippen molar-refractivity contribution in [2.24, 2.45) is 5.92 Å². The lowest BCUT2D eigenvalue weighted by atomic mass is 9.99. The zero-order chi connectivity index (χ0) is 13.5. The number of likely N-dealkylation sites (N-methyl/N-ethyl adjacent to an activating group) is 1. The first-order valence-corrected chi connectivity index (χ1v) is 6.67. The molecule has 0 amide bonds. The van der Waals surface area contributed by atoms with Gasteiger partial charge in [-0.2, -0.15) is 4.98 Å². The Morgan fingerprint density at radius 1 is 1.33 bits per heavy atom. The highest BCUT2D eigenvalue weighted by atomic mass is 16.5. The van der Waals surface area contributed by atoms with E-state index in [0.29, 0.717) is 17.8 Å². The van der Waals surface area contributed by atoms with E-state index in [2.05, 4.69) is 36.1 Å². The van der Waals surface area contributed by atoms with Crippen molar-refractivity contribution in [2.75, 3.05) is 13.7 Å². The molecule has 18 heavy (non-hydrogen) atoms. The molecule has 0 radical (unpaired) electrons. The summed E-state index contributed by atoms with van der Waals surface area (Å²) in [6.07, 6.45) is 2.07. The SMILES string of the molecule is CCNC(Cc1cc(OC)nc(C)n1)CC(C)C. The minimum absolute atomic E-state index is 0.467. The van der Waals surface area contributed by atoms with Crippen LogP contribution in [0.25, 0.3) is 0 Å². The third-order valence-electron chi connectivity index (χ3n) is 2.78. The standard InChI is InChI=1S/C14H25N3O/c1-6-15-12(7-10(2)3)8-13-9-14(18-5)17-11(4)16-13/h9-10,12,15H,6-8H2,1-5H3. The van der Waals surface area contributed by atoms with Crippen LogP contribution in [0.2, 0.25) is 0 Å². The Labute approximate surface area is 110 Å². The van der Waals surface area contributed by atoms with Crippen LogP contribution in [0.1, 0.15) is 38.7 Å². The molecule has 0 aromatic carbocycles. The lowest BCUT2D eigenvalue weighted by Gasteiger charge is -2.19. The molecule has 0 spiro atoms. The summed E-state index contributed by atoms with van der Waals surface area (Å²) in [5, 5.41) is 3.52. The van der Waals surface area contributed by atoms with Gasteiger partial charge in [-0.05, 0) is 25.8 Å². The summed E-state index contributed by atoms with van der Waals surface area (Å²) >= 11 is 0. The molecule has 0 aliphatic carbocycles. The van der Waals surface area contributed by atoms with Gasteiger partial charge in [-0.25, -0.2) is 4.98 Å².